The topological polar surface area (TPSA) is 88.5 Å². The first-order valence-corrected chi connectivity index (χ1v) is 10.9. The molecule has 1 atom stereocenters. The Balaban J connectivity index is 1.57. The molecule has 10 heteroatoms. The Morgan fingerprint density at radius 1 is 1.29 bits per heavy atom. The quantitative estimate of drug-likeness (QED) is 0.519. The maximum Gasteiger partial charge on any atom is 0.339 e. The Labute approximate surface area is 172 Å². The molecule has 1 aliphatic heterocycles. The number of ether oxygens (including phenoxy) is 1. The zero-order valence-electron chi connectivity index (χ0n) is 15.9. The van der Waals surface area contributed by atoms with Crippen molar-refractivity contribution in [1.29, 1.82) is 0 Å². The molecule has 150 valence electrons. The molecule has 0 aliphatic carbocycles. The number of pyridine rings is 1. The van der Waals surface area contributed by atoms with Crippen molar-refractivity contribution in [1.82, 2.24) is 20.1 Å². The number of nitrogens with zero attached hydrogens (tertiary/aromatic N) is 5. The molecule has 3 rings (SSSR count). The van der Waals surface area contributed by atoms with Crippen LogP contribution >= 0.6 is 23.1 Å². The summed E-state index contributed by atoms with van der Waals surface area (Å²) in [6, 6.07) is 3.56. The summed E-state index contributed by atoms with van der Waals surface area (Å²) in [7, 11) is 0. The summed E-state index contributed by atoms with van der Waals surface area (Å²) in [6.45, 7) is 6.90. The van der Waals surface area contributed by atoms with E-state index < -0.39 is 0 Å². The fourth-order valence-electron chi connectivity index (χ4n) is 2.95. The lowest BCUT2D eigenvalue weighted by Crippen LogP contribution is -2.39. The zero-order chi connectivity index (χ0) is 19.9. The smallest absolute Gasteiger partial charge is 0.339 e. The number of thioether (sulfide) groups is 1. The number of anilines is 1. The van der Waals surface area contributed by atoms with Crippen molar-refractivity contribution in [2.24, 2.45) is 0 Å². The van der Waals surface area contributed by atoms with E-state index in [0.29, 0.717) is 25.3 Å². The standard InChI is InChI=1S/C18H23N5O3S2/c1-3-26-17(25)14-5-6-15(19-11-14)22-7-4-8-23(10-9-22)16(24)13(2)28-18-21-20-12-27-18/h5-6,11-13H,3-4,7-10H2,1-2H3/t13-/m0/s1. The van der Waals surface area contributed by atoms with E-state index in [1.165, 1.54) is 23.1 Å². The van der Waals surface area contributed by atoms with Crippen molar-refractivity contribution in [3.8, 4) is 0 Å². The Morgan fingerprint density at radius 3 is 2.82 bits per heavy atom. The van der Waals surface area contributed by atoms with Crippen LogP contribution in [0, 0.1) is 0 Å². The van der Waals surface area contributed by atoms with Crippen LogP contribution in [0.2, 0.25) is 0 Å². The van der Waals surface area contributed by atoms with Gasteiger partial charge in [-0.1, -0.05) is 23.1 Å². The summed E-state index contributed by atoms with van der Waals surface area (Å²) in [5.41, 5.74) is 2.11. The molecule has 0 N–H and O–H groups in total. The second-order valence-electron chi connectivity index (χ2n) is 6.26. The van der Waals surface area contributed by atoms with Crippen molar-refractivity contribution < 1.29 is 14.3 Å². The third-order valence-electron chi connectivity index (χ3n) is 4.36. The van der Waals surface area contributed by atoms with Crippen LogP contribution < -0.4 is 4.90 Å². The zero-order valence-corrected chi connectivity index (χ0v) is 17.5. The first-order valence-electron chi connectivity index (χ1n) is 9.18. The van der Waals surface area contributed by atoms with Crippen LogP contribution in [0.1, 0.15) is 30.6 Å². The van der Waals surface area contributed by atoms with E-state index >= 15 is 0 Å². The van der Waals surface area contributed by atoms with Crippen molar-refractivity contribution >= 4 is 40.8 Å². The van der Waals surface area contributed by atoms with E-state index in [2.05, 4.69) is 20.1 Å². The number of amides is 1. The molecule has 0 unspecified atom stereocenters. The summed E-state index contributed by atoms with van der Waals surface area (Å²) in [6.07, 6.45) is 2.41. The molecule has 0 aromatic carbocycles. The van der Waals surface area contributed by atoms with E-state index in [-0.39, 0.29) is 17.1 Å². The normalized spacial score (nSPS) is 15.8. The van der Waals surface area contributed by atoms with E-state index in [0.717, 1.165) is 29.7 Å². The van der Waals surface area contributed by atoms with Crippen LogP contribution in [-0.4, -0.2) is 70.0 Å². The molecule has 3 heterocycles. The molecule has 0 radical (unpaired) electrons. The molecule has 1 amide bonds. The lowest BCUT2D eigenvalue weighted by atomic mass is 10.2. The summed E-state index contributed by atoms with van der Waals surface area (Å²) in [5, 5.41) is 7.62. The Morgan fingerprint density at radius 2 is 2.14 bits per heavy atom. The predicted molar refractivity (Wildman–Crippen MR) is 109 cm³/mol. The van der Waals surface area contributed by atoms with Gasteiger partial charge in [0.15, 0.2) is 4.34 Å². The monoisotopic (exact) mass is 421 g/mol. The second kappa shape index (κ2) is 9.83. The Hall–Kier alpha value is -2.20. The number of hydrogen-bond donors (Lipinski definition) is 0. The highest BCUT2D eigenvalue weighted by atomic mass is 32.2. The van der Waals surface area contributed by atoms with Crippen LogP contribution in [0.5, 0.6) is 0 Å². The minimum Gasteiger partial charge on any atom is -0.462 e. The SMILES string of the molecule is CCOC(=O)c1ccc(N2CCCN(C(=O)[C@H](C)Sc3nncs3)CC2)nc1. The molecular weight excluding hydrogens is 398 g/mol. The maximum atomic E-state index is 12.8. The number of carbonyl (C=O) groups is 2. The molecule has 1 saturated heterocycles. The fraction of sp³-hybridized carbons (Fsp3) is 0.500. The van der Waals surface area contributed by atoms with Gasteiger partial charge in [-0.05, 0) is 32.4 Å². The molecule has 2 aromatic rings. The van der Waals surface area contributed by atoms with Crippen LogP contribution in [0.25, 0.3) is 0 Å². The molecular formula is C18H23N5O3S2. The van der Waals surface area contributed by atoms with E-state index in [9.17, 15) is 9.59 Å². The van der Waals surface area contributed by atoms with Crippen molar-refractivity contribution in [3.05, 3.63) is 29.4 Å². The first-order chi connectivity index (χ1) is 13.6. The van der Waals surface area contributed by atoms with Crippen molar-refractivity contribution in [2.75, 3.05) is 37.7 Å². The van der Waals surface area contributed by atoms with Gasteiger partial charge in [-0.25, -0.2) is 9.78 Å². The number of esters is 1. The number of rotatable bonds is 6. The molecule has 0 spiro atoms. The molecule has 0 saturated carbocycles. The number of aromatic nitrogens is 3. The third kappa shape index (κ3) is 5.20. The van der Waals surface area contributed by atoms with Crippen LogP contribution in [-0.2, 0) is 9.53 Å². The Kier molecular flexibility index (Phi) is 7.21. The minimum absolute atomic E-state index is 0.118. The van der Waals surface area contributed by atoms with Gasteiger partial charge in [0.1, 0.15) is 11.3 Å². The fourth-order valence-corrected chi connectivity index (χ4v) is 4.66. The minimum atomic E-state index is -0.365. The van der Waals surface area contributed by atoms with Crippen LogP contribution in [0.4, 0.5) is 5.82 Å². The van der Waals surface area contributed by atoms with Crippen LogP contribution in [0.3, 0.4) is 0 Å². The van der Waals surface area contributed by atoms with Gasteiger partial charge in [0, 0.05) is 32.4 Å². The van der Waals surface area contributed by atoms with Crippen molar-refractivity contribution in [3.63, 3.8) is 0 Å². The van der Waals surface area contributed by atoms with Gasteiger partial charge in [-0.2, -0.15) is 0 Å². The maximum absolute atomic E-state index is 12.8. The average molecular weight is 422 g/mol. The predicted octanol–water partition coefficient (Wildman–Crippen LogP) is 2.33. The summed E-state index contributed by atoms with van der Waals surface area (Å²) >= 11 is 2.89. The lowest BCUT2D eigenvalue weighted by Gasteiger charge is -2.24. The van der Waals surface area contributed by atoms with Crippen molar-refractivity contribution in [2.45, 2.75) is 29.9 Å². The lowest BCUT2D eigenvalue weighted by molar-refractivity contribution is -0.130. The Bertz CT molecular complexity index is 785. The van der Waals surface area contributed by atoms with Gasteiger partial charge >= 0.3 is 5.97 Å². The molecule has 1 aliphatic rings. The van der Waals surface area contributed by atoms with Gasteiger partial charge in [-0.3, -0.25) is 4.79 Å². The highest BCUT2D eigenvalue weighted by molar-refractivity contribution is 8.02. The second-order valence-corrected chi connectivity index (χ2v) is 8.68. The molecule has 28 heavy (non-hydrogen) atoms. The summed E-state index contributed by atoms with van der Waals surface area (Å²) < 4.78 is 5.80. The highest BCUT2D eigenvalue weighted by Crippen LogP contribution is 2.26. The largest absolute Gasteiger partial charge is 0.462 e. The number of hydrogen-bond acceptors (Lipinski definition) is 9. The van der Waals surface area contributed by atoms with Crippen LogP contribution in [0.15, 0.2) is 28.2 Å². The van der Waals surface area contributed by atoms with Gasteiger partial charge in [0.2, 0.25) is 5.91 Å². The first kappa shape index (κ1) is 20.5. The van der Waals surface area contributed by atoms with Gasteiger partial charge in [0.05, 0.1) is 17.4 Å². The van der Waals surface area contributed by atoms with Gasteiger partial charge in [0.25, 0.3) is 0 Å². The van der Waals surface area contributed by atoms with E-state index in [1.54, 1.807) is 24.7 Å². The highest BCUT2D eigenvalue weighted by Gasteiger charge is 2.25. The third-order valence-corrected chi connectivity index (χ3v) is 6.25. The van der Waals surface area contributed by atoms with Gasteiger partial charge < -0.3 is 14.5 Å². The summed E-state index contributed by atoms with van der Waals surface area (Å²) in [5.74, 6) is 0.558. The number of carbonyl (C=O) groups excluding carboxylic acids is 2. The van der Waals surface area contributed by atoms with E-state index in [1.807, 2.05) is 17.9 Å². The molecule has 2 aromatic heterocycles. The summed E-state index contributed by atoms with van der Waals surface area (Å²) in [4.78, 5) is 33.0. The average Bonchev–Trinajstić information content (AvgIpc) is 3.09. The van der Waals surface area contributed by atoms with Gasteiger partial charge in [-0.15, -0.1) is 10.2 Å². The molecule has 8 nitrogen and oxygen atoms in total. The van der Waals surface area contributed by atoms with E-state index in [4.69, 9.17) is 4.74 Å². The molecule has 0 bridgehead atoms. The molecule has 1 fully saturated rings.